The second-order valence-corrected chi connectivity index (χ2v) is 6.99. The number of tetrazole rings is 1. The van der Waals surface area contributed by atoms with E-state index in [1.165, 1.54) is 0 Å². The molecule has 1 unspecified atom stereocenters. The van der Waals surface area contributed by atoms with Crippen molar-refractivity contribution >= 4 is 11.9 Å². The zero-order chi connectivity index (χ0) is 21.5. The number of aromatic nitrogens is 4. The number of carbonyl (C=O) groups is 1. The Morgan fingerprint density at radius 1 is 1.13 bits per heavy atom. The molecule has 1 aromatic carbocycles. The van der Waals surface area contributed by atoms with E-state index in [2.05, 4.69) is 27.8 Å². The first-order chi connectivity index (χ1) is 14.6. The molecule has 1 atom stereocenters. The molecule has 3 rings (SSSR count). The number of benzene rings is 1. The van der Waals surface area contributed by atoms with Crippen LogP contribution in [0, 0.1) is 0 Å². The molecule has 0 bridgehead atoms. The van der Waals surface area contributed by atoms with Gasteiger partial charge >= 0.3 is 5.97 Å². The average molecular weight is 415 g/mol. The molecule has 30 heavy (non-hydrogen) atoms. The van der Waals surface area contributed by atoms with Gasteiger partial charge in [-0.2, -0.15) is 4.68 Å². The SMILES string of the molecule is CCCCOc1ccc(C2C(C(=O)OCCC)=C(C)Nc3nnnn32)cc1OCC. The van der Waals surface area contributed by atoms with Crippen molar-refractivity contribution in [2.75, 3.05) is 25.1 Å². The molecule has 1 aliphatic rings. The van der Waals surface area contributed by atoms with E-state index in [0.717, 1.165) is 24.8 Å². The molecular weight excluding hydrogens is 386 g/mol. The van der Waals surface area contributed by atoms with Crippen LogP contribution >= 0.6 is 0 Å². The van der Waals surface area contributed by atoms with Crippen LogP contribution in [-0.4, -0.2) is 46.0 Å². The highest BCUT2D eigenvalue weighted by Crippen LogP contribution is 2.38. The molecule has 0 amide bonds. The maximum atomic E-state index is 12.9. The maximum absolute atomic E-state index is 12.9. The number of nitrogens with one attached hydrogen (secondary N) is 1. The van der Waals surface area contributed by atoms with E-state index < -0.39 is 12.0 Å². The highest BCUT2D eigenvalue weighted by molar-refractivity contribution is 5.92. The summed E-state index contributed by atoms with van der Waals surface area (Å²) in [4.78, 5) is 12.9. The molecular formula is C21H29N5O4. The fourth-order valence-electron chi connectivity index (χ4n) is 3.27. The summed E-state index contributed by atoms with van der Waals surface area (Å²) in [6, 6.07) is 5.12. The number of hydrogen-bond acceptors (Lipinski definition) is 8. The summed E-state index contributed by atoms with van der Waals surface area (Å²) >= 11 is 0. The van der Waals surface area contributed by atoms with Gasteiger partial charge in [0.1, 0.15) is 6.04 Å². The molecule has 1 aliphatic heterocycles. The smallest absolute Gasteiger partial charge is 0.338 e. The third-order valence-electron chi connectivity index (χ3n) is 4.71. The molecule has 2 aromatic rings. The number of carbonyl (C=O) groups excluding carboxylic acids is 1. The lowest BCUT2D eigenvalue weighted by Gasteiger charge is -2.28. The molecule has 0 spiro atoms. The van der Waals surface area contributed by atoms with Crippen molar-refractivity contribution < 1.29 is 19.0 Å². The van der Waals surface area contributed by atoms with E-state index in [1.807, 2.05) is 39.0 Å². The Balaban J connectivity index is 2.01. The van der Waals surface area contributed by atoms with Gasteiger partial charge in [-0.05, 0) is 54.8 Å². The van der Waals surface area contributed by atoms with Crippen molar-refractivity contribution in [3.63, 3.8) is 0 Å². The van der Waals surface area contributed by atoms with Gasteiger partial charge in [0.25, 0.3) is 0 Å². The molecule has 0 saturated carbocycles. The number of hydrogen-bond donors (Lipinski definition) is 1. The zero-order valence-electron chi connectivity index (χ0n) is 18.0. The number of rotatable bonds is 10. The van der Waals surface area contributed by atoms with Crippen LogP contribution in [0.25, 0.3) is 0 Å². The van der Waals surface area contributed by atoms with Gasteiger partial charge in [-0.1, -0.05) is 31.4 Å². The largest absolute Gasteiger partial charge is 0.490 e. The Kier molecular flexibility index (Phi) is 7.26. The fourth-order valence-corrected chi connectivity index (χ4v) is 3.27. The van der Waals surface area contributed by atoms with E-state index in [-0.39, 0.29) is 0 Å². The van der Waals surface area contributed by atoms with Crippen LogP contribution < -0.4 is 14.8 Å². The van der Waals surface area contributed by atoms with E-state index >= 15 is 0 Å². The maximum Gasteiger partial charge on any atom is 0.338 e. The third kappa shape index (κ3) is 4.55. The summed E-state index contributed by atoms with van der Waals surface area (Å²) in [5, 5.41) is 15.0. The first-order valence-electron chi connectivity index (χ1n) is 10.4. The van der Waals surface area contributed by atoms with Crippen LogP contribution in [0.3, 0.4) is 0 Å². The number of unbranched alkanes of at least 4 members (excludes halogenated alkanes) is 1. The van der Waals surface area contributed by atoms with Crippen LogP contribution in [0.1, 0.15) is 58.6 Å². The van der Waals surface area contributed by atoms with Crippen molar-refractivity contribution in [1.82, 2.24) is 20.2 Å². The second kappa shape index (κ2) is 10.1. The van der Waals surface area contributed by atoms with E-state index in [4.69, 9.17) is 14.2 Å². The quantitative estimate of drug-likeness (QED) is 0.465. The first kappa shape index (κ1) is 21.6. The van der Waals surface area contributed by atoms with Crippen molar-refractivity contribution in [1.29, 1.82) is 0 Å². The van der Waals surface area contributed by atoms with Gasteiger partial charge < -0.3 is 19.5 Å². The highest BCUT2D eigenvalue weighted by atomic mass is 16.5. The number of fused-ring (bicyclic) bond motifs is 1. The highest BCUT2D eigenvalue weighted by Gasteiger charge is 2.35. The van der Waals surface area contributed by atoms with Crippen LogP contribution in [0.4, 0.5) is 5.95 Å². The second-order valence-electron chi connectivity index (χ2n) is 6.99. The predicted octanol–water partition coefficient (Wildman–Crippen LogP) is 3.49. The zero-order valence-corrected chi connectivity index (χ0v) is 18.0. The van der Waals surface area contributed by atoms with Crippen molar-refractivity contribution in [2.24, 2.45) is 0 Å². The average Bonchev–Trinajstić information content (AvgIpc) is 3.20. The van der Waals surface area contributed by atoms with E-state index in [0.29, 0.717) is 48.5 Å². The minimum Gasteiger partial charge on any atom is -0.490 e. The van der Waals surface area contributed by atoms with Crippen molar-refractivity contribution in [3.8, 4) is 11.5 Å². The standard InChI is InChI=1S/C21H29N5O4/c1-5-8-12-29-16-10-9-15(13-17(16)28-7-3)19-18(20(27)30-11-6-2)14(4)22-21-23-24-25-26(19)21/h9-10,13,19H,5-8,11-12H2,1-4H3,(H,22,23,25). The number of anilines is 1. The van der Waals surface area contributed by atoms with Gasteiger partial charge in [-0.15, -0.1) is 0 Å². The predicted molar refractivity (Wildman–Crippen MR) is 112 cm³/mol. The lowest BCUT2D eigenvalue weighted by molar-refractivity contribution is -0.139. The van der Waals surface area contributed by atoms with Crippen LogP contribution in [0.15, 0.2) is 29.5 Å². The Labute approximate surface area is 176 Å². The van der Waals surface area contributed by atoms with Gasteiger partial charge in [0.05, 0.1) is 25.4 Å². The molecule has 0 saturated heterocycles. The molecule has 162 valence electrons. The lowest BCUT2D eigenvalue weighted by atomic mass is 9.95. The Morgan fingerprint density at radius 3 is 2.70 bits per heavy atom. The summed E-state index contributed by atoms with van der Waals surface area (Å²) in [5.74, 6) is 1.37. The Morgan fingerprint density at radius 2 is 1.97 bits per heavy atom. The molecule has 9 heteroatoms. The normalized spacial score (nSPS) is 15.4. The molecule has 0 fully saturated rings. The molecule has 1 N–H and O–H groups in total. The summed E-state index contributed by atoms with van der Waals surface area (Å²) in [7, 11) is 0. The monoisotopic (exact) mass is 415 g/mol. The summed E-state index contributed by atoms with van der Waals surface area (Å²) in [6.45, 7) is 9.27. The van der Waals surface area contributed by atoms with Crippen molar-refractivity contribution in [3.05, 3.63) is 35.0 Å². The van der Waals surface area contributed by atoms with E-state index in [9.17, 15) is 4.79 Å². The van der Waals surface area contributed by atoms with Gasteiger partial charge in [0, 0.05) is 5.70 Å². The first-order valence-corrected chi connectivity index (χ1v) is 10.4. The fraction of sp³-hybridized carbons (Fsp3) is 0.524. The molecule has 2 heterocycles. The van der Waals surface area contributed by atoms with Crippen molar-refractivity contribution in [2.45, 2.75) is 53.0 Å². The van der Waals surface area contributed by atoms with Gasteiger partial charge in [-0.3, -0.25) is 0 Å². The number of ether oxygens (including phenoxy) is 3. The van der Waals surface area contributed by atoms with Crippen LogP contribution in [0.5, 0.6) is 11.5 Å². The summed E-state index contributed by atoms with van der Waals surface area (Å²) in [6.07, 6.45) is 2.75. The minimum absolute atomic E-state index is 0.346. The van der Waals surface area contributed by atoms with Crippen LogP contribution in [0.2, 0.25) is 0 Å². The minimum atomic E-state index is -0.537. The lowest BCUT2D eigenvalue weighted by Crippen LogP contribution is -2.29. The summed E-state index contributed by atoms with van der Waals surface area (Å²) in [5.41, 5.74) is 1.93. The number of allylic oxidation sites excluding steroid dienone is 1. The molecule has 0 aliphatic carbocycles. The topological polar surface area (TPSA) is 100 Å². The molecule has 1 aromatic heterocycles. The Hall–Kier alpha value is -3.10. The third-order valence-corrected chi connectivity index (χ3v) is 4.71. The molecule has 0 radical (unpaired) electrons. The van der Waals surface area contributed by atoms with Gasteiger partial charge in [0.15, 0.2) is 11.5 Å². The van der Waals surface area contributed by atoms with Gasteiger partial charge in [-0.25, -0.2) is 4.79 Å². The molecule has 9 nitrogen and oxygen atoms in total. The number of esters is 1. The summed E-state index contributed by atoms with van der Waals surface area (Å²) < 4.78 is 18.7. The van der Waals surface area contributed by atoms with Gasteiger partial charge in [0.2, 0.25) is 5.95 Å². The number of nitrogens with zero attached hydrogens (tertiary/aromatic N) is 4. The van der Waals surface area contributed by atoms with Crippen LogP contribution in [-0.2, 0) is 9.53 Å². The van der Waals surface area contributed by atoms with E-state index in [1.54, 1.807) is 4.68 Å². The Bertz CT molecular complexity index is 909.